The van der Waals surface area contributed by atoms with Crippen LogP contribution in [0.2, 0.25) is 0 Å². The smallest absolute Gasteiger partial charge is 0.410 e. The lowest BCUT2D eigenvalue weighted by Crippen LogP contribution is -2.49. The fourth-order valence-corrected chi connectivity index (χ4v) is 2.00. The summed E-state index contributed by atoms with van der Waals surface area (Å²) in [5.74, 6) is 0. The van der Waals surface area contributed by atoms with Crippen LogP contribution in [-0.4, -0.2) is 44.8 Å². The topological polar surface area (TPSA) is 67.3 Å². The fourth-order valence-electron chi connectivity index (χ4n) is 1.55. The lowest BCUT2D eigenvalue weighted by Gasteiger charge is -2.36. The number of carbonyl (C=O) groups excluding carboxylic acids is 1. The maximum atomic E-state index is 12.3. The molecule has 7 heteroatoms. The van der Waals surface area contributed by atoms with Crippen LogP contribution >= 0.6 is 11.5 Å². The maximum Gasteiger partial charge on any atom is 0.410 e. The van der Waals surface area contributed by atoms with Gasteiger partial charge >= 0.3 is 6.09 Å². The standard InChI is InChI=1S/C13H24N4O2S/c1-12(2,3)17(11(18)19-13(4,5)6)8-7-14-10-9-15-16-20-10/h9,14H,7-8H2,1-6H3. The molecule has 0 bridgehead atoms. The highest BCUT2D eigenvalue weighted by Crippen LogP contribution is 2.18. The number of ether oxygens (including phenoxy) is 1. The molecular formula is C13H24N4O2S. The third-order valence-electron chi connectivity index (χ3n) is 2.42. The molecule has 0 spiro atoms. The van der Waals surface area contributed by atoms with Crippen molar-refractivity contribution in [2.24, 2.45) is 0 Å². The molecule has 114 valence electrons. The van der Waals surface area contributed by atoms with Gasteiger partial charge in [0.15, 0.2) is 0 Å². The van der Waals surface area contributed by atoms with Crippen molar-refractivity contribution >= 4 is 22.6 Å². The number of anilines is 1. The first kappa shape index (κ1) is 16.7. The molecule has 0 unspecified atom stereocenters. The number of hydrogen-bond acceptors (Lipinski definition) is 6. The Labute approximate surface area is 124 Å². The van der Waals surface area contributed by atoms with E-state index in [2.05, 4.69) is 14.9 Å². The highest BCUT2D eigenvalue weighted by molar-refractivity contribution is 7.09. The molecule has 0 aromatic carbocycles. The molecular weight excluding hydrogens is 276 g/mol. The van der Waals surface area contributed by atoms with E-state index in [0.29, 0.717) is 13.1 Å². The predicted molar refractivity (Wildman–Crippen MR) is 81.1 cm³/mol. The molecule has 0 radical (unpaired) electrons. The van der Waals surface area contributed by atoms with E-state index < -0.39 is 5.60 Å². The molecule has 1 heterocycles. The minimum Gasteiger partial charge on any atom is -0.444 e. The van der Waals surface area contributed by atoms with Crippen LogP contribution in [0.5, 0.6) is 0 Å². The van der Waals surface area contributed by atoms with Crippen molar-refractivity contribution in [1.29, 1.82) is 0 Å². The molecule has 0 saturated carbocycles. The first-order valence-corrected chi connectivity index (χ1v) is 7.39. The molecule has 1 aromatic heterocycles. The van der Waals surface area contributed by atoms with E-state index in [-0.39, 0.29) is 11.6 Å². The average molecular weight is 300 g/mol. The minimum atomic E-state index is -0.490. The van der Waals surface area contributed by atoms with Gasteiger partial charge in [0.25, 0.3) is 0 Å². The van der Waals surface area contributed by atoms with Crippen LogP contribution in [0.4, 0.5) is 9.80 Å². The van der Waals surface area contributed by atoms with Crippen molar-refractivity contribution < 1.29 is 9.53 Å². The molecule has 0 aliphatic rings. The zero-order valence-electron chi connectivity index (χ0n) is 13.1. The van der Waals surface area contributed by atoms with Crippen molar-refractivity contribution in [3.63, 3.8) is 0 Å². The second kappa shape index (κ2) is 6.39. The molecule has 0 aliphatic carbocycles. The summed E-state index contributed by atoms with van der Waals surface area (Å²) in [6, 6.07) is 0. The molecule has 0 atom stereocenters. The quantitative estimate of drug-likeness (QED) is 0.926. The maximum absolute atomic E-state index is 12.3. The molecule has 6 nitrogen and oxygen atoms in total. The van der Waals surface area contributed by atoms with Crippen molar-refractivity contribution in [2.45, 2.75) is 52.7 Å². The highest BCUT2D eigenvalue weighted by atomic mass is 32.1. The lowest BCUT2D eigenvalue weighted by atomic mass is 10.1. The van der Waals surface area contributed by atoms with Gasteiger partial charge in [0.05, 0.1) is 6.20 Å². The van der Waals surface area contributed by atoms with Gasteiger partial charge < -0.3 is 15.0 Å². The number of aromatic nitrogens is 2. The van der Waals surface area contributed by atoms with Gasteiger partial charge in [0.1, 0.15) is 10.6 Å². The SMILES string of the molecule is CC(C)(C)OC(=O)N(CCNc1cnns1)C(C)(C)C. The molecule has 0 aliphatic heterocycles. The van der Waals surface area contributed by atoms with Crippen molar-refractivity contribution in [2.75, 3.05) is 18.4 Å². The van der Waals surface area contributed by atoms with Gasteiger partial charge in [0.2, 0.25) is 0 Å². The second-order valence-electron chi connectivity index (χ2n) is 6.51. The van der Waals surface area contributed by atoms with E-state index in [1.807, 2.05) is 41.5 Å². The van der Waals surface area contributed by atoms with Gasteiger partial charge in [-0.05, 0) is 41.5 Å². The van der Waals surface area contributed by atoms with Crippen LogP contribution in [0.3, 0.4) is 0 Å². The third kappa shape index (κ3) is 5.73. The number of hydrogen-bond donors (Lipinski definition) is 1. The number of nitrogens with one attached hydrogen (secondary N) is 1. The number of amides is 1. The van der Waals surface area contributed by atoms with E-state index in [1.165, 1.54) is 11.5 Å². The van der Waals surface area contributed by atoms with E-state index in [4.69, 9.17) is 4.74 Å². The molecule has 1 aromatic rings. The minimum absolute atomic E-state index is 0.296. The summed E-state index contributed by atoms with van der Waals surface area (Å²) in [4.78, 5) is 14.0. The first-order chi connectivity index (χ1) is 9.09. The van der Waals surface area contributed by atoms with Crippen LogP contribution in [0.1, 0.15) is 41.5 Å². The summed E-state index contributed by atoms with van der Waals surface area (Å²) in [5.41, 5.74) is -0.786. The zero-order valence-corrected chi connectivity index (χ0v) is 13.9. The summed E-state index contributed by atoms with van der Waals surface area (Å²) < 4.78 is 9.23. The van der Waals surface area contributed by atoms with Crippen molar-refractivity contribution in [3.05, 3.63) is 6.20 Å². The fraction of sp³-hybridized carbons (Fsp3) is 0.769. The van der Waals surface area contributed by atoms with Gasteiger partial charge in [0, 0.05) is 30.2 Å². The van der Waals surface area contributed by atoms with Crippen LogP contribution in [-0.2, 0) is 4.74 Å². The lowest BCUT2D eigenvalue weighted by molar-refractivity contribution is 0.00750. The first-order valence-electron chi connectivity index (χ1n) is 6.61. The van der Waals surface area contributed by atoms with Crippen molar-refractivity contribution in [3.8, 4) is 0 Å². The summed E-state index contributed by atoms with van der Waals surface area (Å²) in [6.07, 6.45) is 1.37. The van der Waals surface area contributed by atoms with Crippen molar-refractivity contribution in [1.82, 2.24) is 14.5 Å². The van der Waals surface area contributed by atoms with Crippen LogP contribution in [0.25, 0.3) is 0 Å². The Morgan fingerprint density at radius 2 is 2.00 bits per heavy atom. The molecule has 0 saturated heterocycles. The average Bonchev–Trinajstić information content (AvgIpc) is 2.72. The van der Waals surface area contributed by atoms with E-state index in [0.717, 1.165) is 5.00 Å². The number of rotatable bonds is 4. The molecule has 1 amide bonds. The predicted octanol–water partition coefficient (Wildman–Crippen LogP) is 2.99. The normalized spacial score (nSPS) is 12.1. The Bertz CT molecular complexity index is 421. The van der Waals surface area contributed by atoms with Gasteiger partial charge in [-0.15, -0.1) is 5.10 Å². The third-order valence-corrected chi connectivity index (χ3v) is 3.04. The van der Waals surface area contributed by atoms with Gasteiger partial charge in [-0.1, -0.05) is 4.49 Å². The molecule has 20 heavy (non-hydrogen) atoms. The van der Waals surface area contributed by atoms with Gasteiger partial charge in [-0.3, -0.25) is 0 Å². The zero-order chi connectivity index (χ0) is 15.4. The molecule has 0 fully saturated rings. The Kier molecular flexibility index (Phi) is 5.33. The summed E-state index contributed by atoms with van der Waals surface area (Å²) in [5, 5.41) is 7.83. The van der Waals surface area contributed by atoms with E-state index in [9.17, 15) is 4.79 Å². The Balaban J connectivity index is 2.58. The largest absolute Gasteiger partial charge is 0.444 e. The van der Waals surface area contributed by atoms with Crippen LogP contribution in [0.15, 0.2) is 6.20 Å². The highest BCUT2D eigenvalue weighted by Gasteiger charge is 2.30. The summed E-state index contributed by atoms with van der Waals surface area (Å²) in [6.45, 7) is 12.8. The number of carbonyl (C=O) groups is 1. The van der Waals surface area contributed by atoms with Crippen LogP contribution < -0.4 is 5.32 Å². The van der Waals surface area contributed by atoms with E-state index >= 15 is 0 Å². The summed E-state index contributed by atoms with van der Waals surface area (Å²) in [7, 11) is 0. The summed E-state index contributed by atoms with van der Waals surface area (Å²) >= 11 is 1.29. The number of nitrogens with zero attached hydrogens (tertiary/aromatic N) is 3. The Morgan fingerprint density at radius 3 is 2.45 bits per heavy atom. The monoisotopic (exact) mass is 300 g/mol. The van der Waals surface area contributed by atoms with Gasteiger partial charge in [-0.25, -0.2) is 4.79 Å². The van der Waals surface area contributed by atoms with Gasteiger partial charge in [-0.2, -0.15) is 0 Å². The Morgan fingerprint density at radius 1 is 1.35 bits per heavy atom. The molecule has 1 N–H and O–H groups in total. The molecule has 1 rings (SSSR count). The Hall–Kier alpha value is -1.37. The van der Waals surface area contributed by atoms with E-state index in [1.54, 1.807) is 11.1 Å². The second-order valence-corrected chi connectivity index (χ2v) is 7.30. The van der Waals surface area contributed by atoms with Crippen LogP contribution in [0, 0.1) is 0 Å².